The van der Waals surface area contributed by atoms with E-state index in [1.54, 1.807) is 0 Å². The third-order valence-corrected chi connectivity index (χ3v) is 9.26. The molecule has 0 aromatic carbocycles. The third-order valence-electron chi connectivity index (χ3n) is 4.00. The van der Waals surface area contributed by atoms with Crippen LogP contribution in [0, 0.1) is 0 Å². The van der Waals surface area contributed by atoms with Crippen LogP contribution in [0.15, 0.2) is 12.7 Å². The molecule has 0 saturated carbocycles. The number of rotatable bonds is 10. The second-order valence-corrected chi connectivity index (χ2v) is 12.3. The monoisotopic (exact) mass is 697 g/mol. The number of hydrogen-bond donors (Lipinski definition) is 3. The SMILES string of the molecule is Nc1ncnc2c1ncn2[C@@H]1O[C@H](COP(=O)([O-])OP(=O)([O-])OP(=O)([O-])OP(=O)([O-])[O-])[C@@H](O)[C@H]1O.[Na+].[Na+].[Na+].[Na+].[Na+]. The Labute approximate surface area is 335 Å². The number of nitrogens with zero attached hydrogens (tertiary/aromatic N) is 4. The van der Waals surface area contributed by atoms with Crippen molar-refractivity contribution in [2.75, 3.05) is 12.3 Å². The van der Waals surface area contributed by atoms with Gasteiger partial charge in [0.1, 0.15) is 30.2 Å². The topological polar surface area (TPSA) is 340 Å². The van der Waals surface area contributed by atoms with Gasteiger partial charge in [0.2, 0.25) is 0 Å². The molecule has 1 saturated heterocycles. The Morgan fingerprint density at radius 3 is 1.93 bits per heavy atom. The molecule has 40 heavy (non-hydrogen) atoms. The molecule has 0 bridgehead atoms. The zero-order valence-electron chi connectivity index (χ0n) is 21.4. The third kappa shape index (κ3) is 13.9. The molecule has 21 nitrogen and oxygen atoms in total. The smallest absolute Gasteiger partial charge is 0.790 e. The minimum atomic E-state index is -6.44. The second-order valence-electron chi connectivity index (χ2n) is 6.46. The number of hydrogen-bond acceptors (Lipinski definition) is 20. The van der Waals surface area contributed by atoms with Crippen molar-refractivity contribution in [3.05, 3.63) is 12.7 Å². The Morgan fingerprint density at radius 2 is 1.38 bits per heavy atom. The standard InChI is InChI=1S/C10H17N5O16P4.5Na/c11-8-5-9(13-2-12-8)15(3-14-5)10-7(17)6(16)4(28-10)1-27-33(21,22)30-35(25,26)31-34(23,24)29-32(18,19)20;;;;;/h2-4,6-7,10,16-17H,1H2,(H,21,22)(H,23,24)(H,25,26)(H2,11,12,13)(H2,18,19,20);;;;;/q;5*+1/p-5/t4-,6-,7-,10-;;;;;/m1...../s1. The van der Waals surface area contributed by atoms with Crippen LogP contribution in [-0.4, -0.2) is 54.7 Å². The van der Waals surface area contributed by atoms with Gasteiger partial charge in [0, 0.05) is 0 Å². The number of aliphatic hydroxyl groups is 2. The summed E-state index contributed by atoms with van der Waals surface area (Å²) in [5, 5.41) is 20.4. The summed E-state index contributed by atoms with van der Waals surface area (Å²) in [6.07, 6.45) is -4.37. The van der Waals surface area contributed by atoms with Gasteiger partial charge in [-0.05, 0) is 0 Å². The number of imidazole rings is 1. The number of nitrogen functional groups attached to an aromatic ring is 1. The summed E-state index contributed by atoms with van der Waals surface area (Å²) in [6, 6.07) is 0. The minimum Gasteiger partial charge on any atom is -0.790 e. The van der Waals surface area contributed by atoms with Gasteiger partial charge in [-0.2, -0.15) is 0 Å². The number of aromatic nitrogens is 4. The average molecular weight is 697 g/mol. The fourth-order valence-electron chi connectivity index (χ4n) is 2.74. The van der Waals surface area contributed by atoms with Gasteiger partial charge in [-0.15, -0.1) is 0 Å². The summed E-state index contributed by atoms with van der Waals surface area (Å²) in [7, 11) is -25.1. The number of ether oxygens (including phenoxy) is 1. The van der Waals surface area contributed by atoms with E-state index < -0.39 is 62.4 Å². The number of fused-ring (bicyclic) bond motifs is 1. The molecule has 1 fully saturated rings. The van der Waals surface area contributed by atoms with Gasteiger partial charge < -0.3 is 54.2 Å². The van der Waals surface area contributed by atoms with Crippen LogP contribution < -0.4 is 178 Å². The fraction of sp³-hybridized carbons (Fsp3) is 0.500. The molecular weight excluding hydrogens is 685 g/mol. The first-order chi connectivity index (χ1) is 15.9. The van der Waals surface area contributed by atoms with E-state index in [0.717, 1.165) is 17.2 Å². The number of aliphatic hydroxyl groups excluding tert-OH is 2. The number of nitrogens with two attached hydrogens (primary N) is 1. The van der Waals surface area contributed by atoms with E-state index in [1.165, 1.54) is 0 Å². The Bertz CT molecular complexity index is 1300. The Balaban J connectivity index is -0.00000274. The molecule has 2 aromatic heterocycles. The molecule has 1 aliphatic rings. The van der Waals surface area contributed by atoms with Crippen molar-refractivity contribution < 1.29 is 223 Å². The van der Waals surface area contributed by atoms with Crippen molar-refractivity contribution in [3.8, 4) is 0 Å². The Hall–Kier alpha value is 3.79. The summed E-state index contributed by atoms with van der Waals surface area (Å²) < 4.78 is 64.7. The van der Waals surface area contributed by atoms with E-state index in [9.17, 15) is 52.9 Å². The van der Waals surface area contributed by atoms with E-state index in [4.69, 9.17) is 10.5 Å². The normalized spacial score (nSPS) is 24.9. The molecule has 4 N–H and O–H groups in total. The van der Waals surface area contributed by atoms with Crippen molar-refractivity contribution in [1.82, 2.24) is 19.5 Å². The Kier molecular flexibility index (Phi) is 22.8. The number of anilines is 1. The van der Waals surface area contributed by atoms with Gasteiger partial charge >= 0.3 is 148 Å². The zero-order chi connectivity index (χ0) is 26.4. The molecule has 0 amide bonds. The quantitative estimate of drug-likeness (QED) is 0.153. The van der Waals surface area contributed by atoms with Gasteiger partial charge in [-0.25, -0.2) is 23.6 Å². The van der Waals surface area contributed by atoms with Crippen molar-refractivity contribution in [2.24, 2.45) is 0 Å². The maximum Gasteiger partial charge on any atom is 1.00 e. The fourth-order valence-corrected chi connectivity index (χ4v) is 6.97. The van der Waals surface area contributed by atoms with Crippen LogP contribution in [0.3, 0.4) is 0 Å². The van der Waals surface area contributed by atoms with Gasteiger partial charge in [-0.1, -0.05) is 0 Å². The first-order valence-corrected chi connectivity index (χ1v) is 14.4. The molecule has 30 heteroatoms. The molecular formula is C10H12N5Na5O16P4. The van der Waals surface area contributed by atoms with E-state index in [-0.39, 0.29) is 165 Å². The predicted octanol–water partition coefficient (Wildman–Crippen LogP) is -19.7. The molecule has 3 heterocycles. The van der Waals surface area contributed by atoms with Gasteiger partial charge in [0.05, 0.1) is 20.8 Å². The van der Waals surface area contributed by atoms with Crippen molar-refractivity contribution >= 4 is 48.3 Å². The summed E-state index contributed by atoms with van der Waals surface area (Å²) in [5.41, 5.74) is 5.83. The molecule has 0 spiro atoms. The molecule has 198 valence electrons. The van der Waals surface area contributed by atoms with Crippen LogP contribution in [0.4, 0.5) is 5.82 Å². The van der Waals surface area contributed by atoms with Crippen LogP contribution in [-0.2, 0) is 40.5 Å². The molecule has 2 aromatic rings. The summed E-state index contributed by atoms with van der Waals surface area (Å²) in [6.45, 7) is -1.18. The average Bonchev–Trinajstić information content (AvgIpc) is 3.19. The molecule has 1 aliphatic heterocycles. The van der Waals surface area contributed by atoms with Gasteiger partial charge in [0.15, 0.2) is 17.7 Å². The molecule has 3 unspecified atom stereocenters. The van der Waals surface area contributed by atoms with E-state index >= 15 is 0 Å². The minimum absolute atomic E-state index is 0. The summed E-state index contributed by atoms with van der Waals surface area (Å²) in [5.74, 6) is -0.0169. The van der Waals surface area contributed by atoms with Crippen molar-refractivity contribution in [1.29, 1.82) is 0 Å². The van der Waals surface area contributed by atoms with Crippen LogP contribution in [0.25, 0.3) is 11.2 Å². The van der Waals surface area contributed by atoms with Gasteiger partial charge in [0.25, 0.3) is 23.5 Å². The van der Waals surface area contributed by atoms with E-state index in [1.807, 2.05) is 0 Å². The van der Waals surface area contributed by atoms with Crippen LogP contribution in [0.1, 0.15) is 6.23 Å². The zero-order valence-corrected chi connectivity index (χ0v) is 35.0. The van der Waals surface area contributed by atoms with Crippen molar-refractivity contribution in [3.63, 3.8) is 0 Å². The van der Waals surface area contributed by atoms with Crippen LogP contribution in [0.2, 0.25) is 0 Å². The second kappa shape index (κ2) is 19.0. The van der Waals surface area contributed by atoms with Gasteiger partial charge in [-0.3, -0.25) is 22.6 Å². The van der Waals surface area contributed by atoms with Crippen LogP contribution in [0.5, 0.6) is 0 Å². The number of phosphoric acid groups is 4. The predicted molar refractivity (Wildman–Crippen MR) is 95.3 cm³/mol. The Morgan fingerprint density at radius 1 is 0.850 bits per heavy atom. The maximum atomic E-state index is 11.8. The molecule has 7 atom stereocenters. The number of phosphoric ester groups is 1. The van der Waals surface area contributed by atoms with E-state index in [0.29, 0.717) is 0 Å². The summed E-state index contributed by atoms with van der Waals surface area (Å²) in [4.78, 5) is 66.4. The largest absolute Gasteiger partial charge is 1.00 e. The van der Waals surface area contributed by atoms with Crippen LogP contribution >= 0.6 is 31.3 Å². The summed E-state index contributed by atoms with van der Waals surface area (Å²) >= 11 is 0. The first-order valence-electron chi connectivity index (χ1n) is 8.58. The van der Waals surface area contributed by atoms with Crippen molar-refractivity contribution in [2.45, 2.75) is 24.5 Å². The maximum absolute atomic E-state index is 11.8. The molecule has 3 rings (SSSR count). The molecule has 0 radical (unpaired) electrons. The molecule has 0 aliphatic carbocycles. The van der Waals surface area contributed by atoms with E-state index in [2.05, 4.69) is 32.4 Å². The first kappa shape index (κ1) is 48.2.